The van der Waals surface area contributed by atoms with Crippen molar-refractivity contribution in [2.24, 2.45) is 11.8 Å². The predicted octanol–water partition coefficient (Wildman–Crippen LogP) is 10.0. The van der Waals surface area contributed by atoms with Crippen molar-refractivity contribution in [2.75, 3.05) is 6.61 Å². The molecule has 0 aromatic rings. The van der Waals surface area contributed by atoms with Gasteiger partial charge in [0.1, 0.15) is 0 Å². The van der Waals surface area contributed by atoms with Crippen LogP contribution >= 0.6 is 0 Å². The van der Waals surface area contributed by atoms with Crippen molar-refractivity contribution in [3.63, 3.8) is 0 Å². The monoisotopic (exact) mass is 438 g/mol. The Morgan fingerprint density at radius 1 is 0.548 bits per heavy atom. The predicted molar refractivity (Wildman–Crippen MR) is 138 cm³/mol. The van der Waals surface area contributed by atoms with Gasteiger partial charge in [-0.25, -0.2) is 0 Å². The summed E-state index contributed by atoms with van der Waals surface area (Å²) in [7, 11) is 0. The zero-order valence-corrected chi connectivity index (χ0v) is 22.0. The first-order chi connectivity index (χ1) is 15.2. The summed E-state index contributed by atoms with van der Waals surface area (Å²) in [5.41, 5.74) is 0. The molecule has 0 fully saturated rings. The quantitative estimate of drug-likeness (QED) is 0.111. The second kappa shape index (κ2) is 24.1. The van der Waals surface area contributed by atoms with E-state index in [9.17, 15) is 4.79 Å². The Bertz CT molecular complexity index is 348. The summed E-state index contributed by atoms with van der Waals surface area (Å²) in [5.74, 6) is 0.679. The highest BCUT2D eigenvalue weighted by Crippen LogP contribution is 2.21. The van der Waals surface area contributed by atoms with E-state index in [1.807, 2.05) is 0 Å². The molecule has 2 nitrogen and oxygen atoms in total. The molecule has 0 aliphatic heterocycles. The zero-order valence-electron chi connectivity index (χ0n) is 22.0. The third-order valence-electron chi connectivity index (χ3n) is 6.79. The first kappa shape index (κ1) is 30.5. The standard InChI is InChI=1S/C29H58O2/c1-5-8-11-14-16-18-21-24-28(25-22-19-17-15-12-9-6-2)26-31-29(30)27(4)23-20-13-10-7-3/h27-28H,5-26H2,1-4H3. The third-order valence-corrected chi connectivity index (χ3v) is 6.79. The van der Waals surface area contributed by atoms with Gasteiger partial charge in [0.15, 0.2) is 0 Å². The first-order valence-corrected chi connectivity index (χ1v) is 14.3. The van der Waals surface area contributed by atoms with Crippen LogP contribution in [0.5, 0.6) is 0 Å². The van der Waals surface area contributed by atoms with Gasteiger partial charge in [0, 0.05) is 0 Å². The Hall–Kier alpha value is -0.530. The molecule has 2 heteroatoms. The Morgan fingerprint density at radius 3 is 1.35 bits per heavy atom. The highest BCUT2D eigenvalue weighted by atomic mass is 16.5. The van der Waals surface area contributed by atoms with Gasteiger partial charge in [-0.15, -0.1) is 0 Å². The molecule has 0 saturated carbocycles. The molecular weight excluding hydrogens is 380 g/mol. The van der Waals surface area contributed by atoms with Gasteiger partial charge < -0.3 is 4.74 Å². The lowest BCUT2D eigenvalue weighted by atomic mass is 9.94. The maximum Gasteiger partial charge on any atom is 0.308 e. The van der Waals surface area contributed by atoms with Gasteiger partial charge >= 0.3 is 5.97 Å². The van der Waals surface area contributed by atoms with Crippen LogP contribution in [0.25, 0.3) is 0 Å². The SMILES string of the molecule is CCCCCCCCCC(CCCCCCCCC)COC(=O)C(C)CCCCCC. The summed E-state index contributed by atoms with van der Waals surface area (Å²) in [6, 6.07) is 0. The summed E-state index contributed by atoms with van der Waals surface area (Å²) in [5, 5.41) is 0. The molecule has 0 aromatic heterocycles. The molecule has 0 heterocycles. The van der Waals surface area contributed by atoms with Gasteiger partial charge in [0.2, 0.25) is 0 Å². The van der Waals surface area contributed by atoms with Crippen LogP contribution in [0.4, 0.5) is 0 Å². The van der Waals surface area contributed by atoms with E-state index >= 15 is 0 Å². The molecular formula is C29H58O2. The number of unbranched alkanes of at least 4 members (excludes halogenated alkanes) is 15. The van der Waals surface area contributed by atoms with Crippen molar-refractivity contribution in [1.29, 1.82) is 0 Å². The third kappa shape index (κ3) is 21.1. The van der Waals surface area contributed by atoms with Crippen LogP contribution in [0.2, 0.25) is 0 Å². The van der Waals surface area contributed by atoms with E-state index in [-0.39, 0.29) is 11.9 Å². The molecule has 0 N–H and O–H groups in total. The summed E-state index contributed by atoms with van der Waals surface area (Å²) in [6.07, 6.45) is 27.4. The molecule has 0 aliphatic rings. The van der Waals surface area contributed by atoms with Crippen LogP contribution in [0.15, 0.2) is 0 Å². The fourth-order valence-electron chi connectivity index (χ4n) is 4.43. The molecule has 1 atom stereocenters. The minimum Gasteiger partial charge on any atom is -0.465 e. The van der Waals surface area contributed by atoms with Crippen LogP contribution in [0.3, 0.4) is 0 Å². The fraction of sp³-hybridized carbons (Fsp3) is 0.966. The van der Waals surface area contributed by atoms with Gasteiger partial charge in [0.25, 0.3) is 0 Å². The van der Waals surface area contributed by atoms with Crippen LogP contribution < -0.4 is 0 Å². The van der Waals surface area contributed by atoms with E-state index in [4.69, 9.17) is 4.74 Å². The molecule has 1 unspecified atom stereocenters. The van der Waals surface area contributed by atoms with E-state index in [1.165, 1.54) is 122 Å². The first-order valence-electron chi connectivity index (χ1n) is 14.3. The minimum absolute atomic E-state index is 0.0422. The van der Waals surface area contributed by atoms with Gasteiger partial charge in [0.05, 0.1) is 12.5 Å². The number of ether oxygens (including phenoxy) is 1. The average Bonchev–Trinajstić information content (AvgIpc) is 2.78. The van der Waals surface area contributed by atoms with Crippen LogP contribution in [0.1, 0.15) is 163 Å². The highest BCUT2D eigenvalue weighted by Gasteiger charge is 2.17. The molecule has 31 heavy (non-hydrogen) atoms. The molecule has 0 spiro atoms. The van der Waals surface area contributed by atoms with Crippen molar-refractivity contribution < 1.29 is 9.53 Å². The number of hydrogen-bond acceptors (Lipinski definition) is 2. The molecule has 186 valence electrons. The zero-order chi connectivity index (χ0) is 23.0. The second-order valence-corrected chi connectivity index (χ2v) is 10.1. The lowest BCUT2D eigenvalue weighted by molar-refractivity contribution is -0.149. The lowest BCUT2D eigenvalue weighted by Crippen LogP contribution is -2.20. The average molecular weight is 439 g/mol. The van der Waals surface area contributed by atoms with Crippen LogP contribution in [-0.4, -0.2) is 12.6 Å². The summed E-state index contributed by atoms with van der Waals surface area (Å²) in [4.78, 5) is 12.4. The molecule has 0 aromatic carbocycles. The summed E-state index contributed by atoms with van der Waals surface area (Å²) in [6.45, 7) is 9.50. The van der Waals surface area contributed by atoms with Gasteiger partial charge in [-0.05, 0) is 25.2 Å². The molecule has 0 amide bonds. The van der Waals surface area contributed by atoms with E-state index in [0.717, 1.165) is 12.8 Å². The van der Waals surface area contributed by atoms with Gasteiger partial charge in [-0.1, -0.05) is 143 Å². The second-order valence-electron chi connectivity index (χ2n) is 10.1. The largest absolute Gasteiger partial charge is 0.465 e. The number of carbonyl (C=O) groups is 1. The summed E-state index contributed by atoms with van der Waals surface area (Å²) >= 11 is 0. The topological polar surface area (TPSA) is 26.3 Å². The Labute approximate surface area is 196 Å². The minimum atomic E-state index is 0.0422. The fourth-order valence-corrected chi connectivity index (χ4v) is 4.43. The van der Waals surface area contributed by atoms with Crippen molar-refractivity contribution in [3.8, 4) is 0 Å². The molecule has 0 rings (SSSR count). The van der Waals surface area contributed by atoms with E-state index in [2.05, 4.69) is 27.7 Å². The van der Waals surface area contributed by atoms with Crippen molar-refractivity contribution in [1.82, 2.24) is 0 Å². The van der Waals surface area contributed by atoms with Crippen molar-refractivity contribution in [2.45, 2.75) is 163 Å². The lowest BCUT2D eigenvalue weighted by Gasteiger charge is -2.19. The van der Waals surface area contributed by atoms with E-state index < -0.39 is 0 Å². The van der Waals surface area contributed by atoms with Gasteiger partial charge in [-0.2, -0.15) is 0 Å². The Morgan fingerprint density at radius 2 is 0.903 bits per heavy atom. The van der Waals surface area contributed by atoms with Crippen molar-refractivity contribution in [3.05, 3.63) is 0 Å². The van der Waals surface area contributed by atoms with Crippen molar-refractivity contribution >= 4 is 5.97 Å². The molecule has 0 radical (unpaired) electrons. The summed E-state index contributed by atoms with van der Waals surface area (Å²) < 4.78 is 5.80. The number of esters is 1. The number of hydrogen-bond donors (Lipinski definition) is 0. The normalized spacial score (nSPS) is 12.4. The Kier molecular flexibility index (Phi) is 23.7. The maximum absolute atomic E-state index is 12.4. The molecule has 0 bridgehead atoms. The maximum atomic E-state index is 12.4. The highest BCUT2D eigenvalue weighted by molar-refractivity contribution is 5.71. The smallest absolute Gasteiger partial charge is 0.308 e. The van der Waals surface area contributed by atoms with Gasteiger partial charge in [-0.3, -0.25) is 4.79 Å². The van der Waals surface area contributed by atoms with E-state index in [1.54, 1.807) is 0 Å². The van der Waals surface area contributed by atoms with E-state index in [0.29, 0.717) is 12.5 Å². The van der Waals surface area contributed by atoms with Crippen LogP contribution in [0, 0.1) is 11.8 Å². The molecule has 0 saturated heterocycles. The molecule has 0 aliphatic carbocycles. The van der Waals surface area contributed by atoms with Crippen LogP contribution in [-0.2, 0) is 9.53 Å². The Balaban J connectivity index is 4.14. The number of rotatable bonds is 24. The number of carbonyl (C=O) groups excluding carboxylic acids is 1.